The van der Waals surface area contributed by atoms with Crippen LogP contribution in [0.2, 0.25) is 10.0 Å². The van der Waals surface area contributed by atoms with E-state index in [0.717, 1.165) is 4.90 Å². The summed E-state index contributed by atoms with van der Waals surface area (Å²) in [7, 11) is 0. The second-order valence-electron chi connectivity index (χ2n) is 9.02. The molecule has 2 amide bonds. The largest absolute Gasteiger partial charge is 0.462 e. The molecule has 2 saturated heterocycles. The zero-order chi connectivity index (χ0) is 27.4. The van der Waals surface area contributed by atoms with Crippen LogP contribution >= 0.6 is 23.2 Å². The highest BCUT2D eigenvalue weighted by atomic mass is 35.5. The third kappa shape index (κ3) is 6.06. The molecular formula is C27H26Cl2N2O7. The first-order chi connectivity index (χ1) is 18.2. The van der Waals surface area contributed by atoms with Crippen LogP contribution < -0.4 is 4.90 Å². The summed E-state index contributed by atoms with van der Waals surface area (Å²) in [5, 5.41) is 0.583. The molecule has 2 aromatic rings. The average Bonchev–Trinajstić information content (AvgIpc) is 3.20. The number of ketones is 1. The van der Waals surface area contributed by atoms with Crippen molar-refractivity contribution < 1.29 is 33.4 Å². The number of nitrogens with zero attached hydrogens (tertiary/aromatic N) is 2. The Morgan fingerprint density at radius 1 is 0.974 bits per heavy atom. The van der Waals surface area contributed by atoms with E-state index in [1.54, 1.807) is 19.1 Å². The monoisotopic (exact) mass is 560 g/mol. The molecule has 2 heterocycles. The van der Waals surface area contributed by atoms with Gasteiger partial charge < -0.3 is 9.47 Å². The molecular weight excluding hydrogens is 535 g/mol. The summed E-state index contributed by atoms with van der Waals surface area (Å²) in [5.41, 5.74) is 0.945. The highest BCUT2D eigenvalue weighted by Crippen LogP contribution is 2.29. The maximum Gasteiger partial charge on any atom is 0.338 e. The van der Waals surface area contributed by atoms with Crippen molar-refractivity contribution in [1.29, 1.82) is 0 Å². The summed E-state index contributed by atoms with van der Waals surface area (Å²) < 4.78 is 10.2. The van der Waals surface area contributed by atoms with Crippen molar-refractivity contribution in [2.75, 3.05) is 31.2 Å². The van der Waals surface area contributed by atoms with Gasteiger partial charge in [-0.1, -0.05) is 23.2 Å². The molecule has 1 atom stereocenters. The minimum atomic E-state index is -0.627. The molecule has 0 aromatic heterocycles. The number of piperidine rings is 1. The number of esters is 2. The molecule has 38 heavy (non-hydrogen) atoms. The number of benzene rings is 2. The summed E-state index contributed by atoms with van der Waals surface area (Å²) in [4.78, 5) is 65.7. The fourth-order valence-corrected chi connectivity index (χ4v) is 5.14. The van der Waals surface area contributed by atoms with Crippen LogP contribution in [-0.4, -0.2) is 66.8 Å². The second kappa shape index (κ2) is 12.1. The molecule has 2 fully saturated rings. The third-order valence-electron chi connectivity index (χ3n) is 6.64. The Hall–Kier alpha value is -3.27. The molecule has 2 aliphatic rings. The minimum Gasteiger partial charge on any atom is -0.462 e. The molecule has 0 unspecified atom stereocenters. The molecule has 0 spiro atoms. The van der Waals surface area contributed by atoms with Crippen molar-refractivity contribution >= 4 is 58.4 Å². The number of imide groups is 1. The third-order valence-corrected chi connectivity index (χ3v) is 7.19. The summed E-state index contributed by atoms with van der Waals surface area (Å²) in [6.07, 6.45) is 0.895. The Labute approximate surface area is 229 Å². The molecule has 0 saturated carbocycles. The molecule has 0 aliphatic carbocycles. The SMILES string of the molecule is CCOC(=O)c1ccc(N2C(=O)C[C@H](N3CCC(C(=O)OCC(=O)c4ccc(Cl)cc4Cl)CC3)C2=O)cc1. The minimum absolute atomic E-state index is 0.0317. The number of carbonyl (C=O) groups excluding carboxylic acids is 5. The lowest BCUT2D eigenvalue weighted by Gasteiger charge is -2.33. The highest BCUT2D eigenvalue weighted by Gasteiger charge is 2.44. The Bertz CT molecular complexity index is 1260. The Kier molecular flexibility index (Phi) is 8.81. The van der Waals surface area contributed by atoms with Crippen LogP contribution in [0.25, 0.3) is 0 Å². The van der Waals surface area contributed by atoms with Crippen molar-refractivity contribution in [3.05, 3.63) is 63.6 Å². The van der Waals surface area contributed by atoms with E-state index < -0.39 is 36.3 Å². The summed E-state index contributed by atoms with van der Waals surface area (Å²) in [6, 6.07) is 9.97. The molecule has 9 nitrogen and oxygen atoms in total. The lowest BCUT2D eigenvalue weighted by Crippen LogP contribution is -2.47. The van der Waals surface area contributed by atoms with E-state index in [9.17, 15) is 24.0 Å². The second-order valence-corrected chi connectivity index (χ2v) is 9.86. The van der Waals surface area contributed by atoms with Crippen molar-refractivity contribution in [2.45, 2.75) is 32.2 Å². The quantitative estimate of drug-likeness (QED) is 0.271. The van der Waals surface area contributed by atoms with Gasteiger partial charge in [-0.15, -0.1) is 0 Å². The number of carbonyl (C=O) groups is 5. The molecule has 200 valence electrons. The number of hydrogen-bond acceptors (Lipinski definition) is 8. The lowest BCUT2D eigenvalue weighted by atomic mass is 9.95. The number of likely N-dealkylation sites (tertiary alicyclic amines) is 1. The fraction of sp³-hybridized carbons (Fsp3) is 0.370. The zero-order valence-electron chi connectivity index (χ0n) is 20.7. The molecule has 0 N–H and O–H groups in total. The summed E-state index contributed by atoms with van der Waals surface area (Å²) >= 11 is 11.9. The normalized spacial score (nSPS) is 18.5. The van der Waals surface area contributed by atoms with Crippen molar-refractivity contribution in [3.63, 3.8) is 0 Å². The van der Waals surface area contributed by atoms with Gasteiger partial charge >= 0.3 is 11.9 Å². The van der Waals surface area contributed by atoms with Crippen LogP contribution in [0.15, 0.2) is 42.5 Å². The first kappa shape index (κ1) is 27.8. The van der Waals surface area contributed by atoms with Crippen molar-refractivity contribution in [2.24, 2.45) is 5.92 Å². The molecule has 2 aliphatic heterocycles. The molecule has 2 aromatic carbocycles. The van der Waals surface area contributed by atoms with Crippen LogP contribution in [0.3, 0.4) is 0 Å². The van der Waals surface area contributed by atoms with Crippen LogP contribution in [0, 0.1) is 5.92 Å². The van der Waals surface area contributed by atoms with Gasteiger partial charge in [0.15, 0.2) is 6.61 Å². The van der Waals surface area contributed by atoms with Crippen LogP contribution in [-0.2, 0) is 23.9 Å². The Morgan fingerprint density at radius 2 is 1.66 bits per heavy atom. The first-order valence-corrected chi connectivity index (χ1v) is 13.0. The first-order valence-electron chi connectivity index (χ1n) is 12.2. The van der Waals surface area contributed by atoms with E-state index in [4.69, 9.17) is 32.7 Å². The topological polar surface area (TPSA) is 110 Å². The molecule has 11 heteroatoms. The van der Waals surface area contributed by atoms with Gasteiger partial charge in [-0.2, -0.15) is 0 Å². The van der Waals surface area contributed by atoms with Crippen molar-refractivity contribution in [3.8, 4) is 0 Å². The summed E-state index contributed by atoms with van der Waals surface area (Å²) in [6.45, 7) is 2.38. The predicted molar refractivity (Wildman–Crippen MR) is 139 cm³/mol. The van der Waals surface area contributed by atoms with Gasteiger partial charge in [-0.25, -0.2) is 9.69 Å². The zero-order valence-corrected chi connectivity index (χ0v) is 22.2. The number of rotatable bonds is 8. The number of hydrogen-bond donors (Lipinski definition) is 0. The predicted octanol–water partition coefficient (Wildman–Crippen LogP) is 3.94. The van der Waals surface area contributed by atoms with E-state index in [1.807, 2.05) is 4.90 Å². The Balaban J connectivity index is 1.29. The fourth-order valence-electron chi connectivity index (χ4n) is 4.63. The van der Waals surface area contributed by atoms with Gasteiger partial charge in [-0.05, 0) is 75.3 Å². The molecule has 0 bridgehead atoms. The van der Waals surface area contributed by atoms with E-state index in [1.165, 1.54) is 30.3 Å². The molecule has 4 rings (SSSR count). The van der Waals surface area contributed by atoms with E-state index in [2.05, 4.69) is 0 Å². The van der Waals surface area contributed by atoms with Crippen molar-refractivity contribution in [1.82, 2.24) is 4.90 Å². The number of anilines is 1. The van der Waals surface area contributed by atoms with E-state index >= 15 is 0 Å². The Morgan fingerprint density at radius 3 is 2.29 bits per heavy atom. The van der Waals surface area contributed by atoms with Gasteiger partial charge in [-0.3, -0.25) is 24.1 Å². The standard InChI is InChI=1S/C27H26Cl2N2O7/c1-2-37-26(35)16-3-6-19(7-4-16)31-24(33)14-22(25(31)34)30-11-9-17(10-12-30)27(36)38-15-23(32)20-8-5-18(28)13-21(20)29/h3-8,13,17,22H,2,9-12,14-15H2,1H3/t22-/m0/s1. The number of halogens is 2. The van der Waals surface area contributed by atoms with E-state index in [-0.39, 0.29) is 35.4 Å². The number of Topliss-reactive ketones (excluding diaryl/α,β-unsaturated/α-hetero) is 1. The van der Waals surface area contributed by atoms with Gasteiger partial charge in [0, 0.05) is 10.6 Å². The lowest BCUT2D eigenvalue weighted by molar-refractivity contribution is -0.149. The van der Waals surface area contributed by atoms with Gasteiger partial charge in [0.05, 0.1) is 41.3 Å². The number of amides is 2. The van der Waals surface area contributed by atoms with Crippen LogP contribution in [0.1, 0.15) is 46.9 Å². The number of ether oxygens (including phenoxy) is 2. The summed E-state index contributed by atoms with van der Waals surface area (Å²) in [5.74, 6) is -2.48. The van der Waals surface area contributed by atoms with E-state index in [0.29, 0.717) is 42.2 Å². The highest BCUT2D eigenvalue weighted by molar-refractivity contribution is 6.36. The maximum atomic E-state index is 13.1. The van der Waals surface area contributed by atoms with Crippen LogP contribution in [0.5, 0.6) is 0 Å². The smallest absolute Gasteiger partial charge is 0.338 e. The van der Waals surface area contributed by atoms with Gasteiger partial charge in [0.1, 0.15) is 0 Å². The van der Waals surface area contributed by atoms with Crippen LogP contribution in [0.4, 0.5) is 5.69 Å². The maximum absolute atomic E-state index is 13.1. The van der Waals surface area contributed by atoms with Gasteiger partial charge in [0.2, 0.25) is 11.7 Å². The molecule has 0 radical (unpaired) electrons. The van der Waals surface area contributed by atoms with Gasteiger partial charge in [0.25, 0.3) is 5.91 Å². The average molecular weight is 561 g/mol.